The van der Waals surface area contributed by atoms with Crippen LogP contribution >= 0.6 is 0 Å². The van der Waals surface area contributed by atoms with Crippen molar-refractivity contribution in [2.24, 2.45) is 0 Å². The average molecular weight is 313 g/mol. The normalized spacial score (nSPS) is 17.5. The van der Waals surface area contributed by atoms with Crippen molar-refractivity contribution in [3.63, 3.8) is 0 Å². The molecule has 1 heterocycles. The molecule has 0 aromatic heterocycles. The molecule has 2 aromatic rings. The highest BCUT2D eigenvalue weighted by atomic mass is 19.1. The van der Waals surface area contributed by atoms with Gasteiger partial charge in [-0.15, -0.1) is 0 Å². The summed E-state index contributed by atoms with van der Waals surface area (Å²) >= 11 is 0. The largest absolute Gasteiger partial charge is 0.324 e. The van der Waals surface area contributed by atoms with E-state index in [4.69, 9.17) is 0 Å². The van der Waals surface area contributed by atoms with Crippen molar-refractivity contribution in [1.29, 1.82) is 0 Å². The molecule has 1 saturated heterocycles. The standard InChI is InChI=1S/C17H16FN3O2/c1-20-15(22)11-21(16(20)12-7-3-2-4-8-12)17(23)19-14-10-6-5-9-13(14)18/h2-10,16H,11H2,1H3,(H,19,23)/t16-/m0/s1. The lowest BCUT2D eigenvalue weighted by Gasteiger charge is -2.28. The molecule has 1 fully saturated rings. The number of urea groups is 1. The zero-order valence-corrected chi connectivity index (χ0v) is 12.6. The first kappa shape index (κ1) is 15.0. The van der Waals surface area contributed by atoms with Crippen LogP contribution in [0.3, 0.4) is 0 Å². The Morgan fingerprint density at radius 2 is 1.78 bits per heavy atom. The highest BCUT2D eigenvalue weighted by Crippen LogP contribution is 2.30. The van der Waals surface area contributed by atoms with Gasteiger partial charge in [-0.3, -0.25) is 9.69 Å². The third kappa shape index (κ3) is 2.88. The Bertz CT molecular complexity index is 736. The Labute approximate surface area is 133 Å². The monoisotopic (exact) mass is 313 g/mol. The first-order valence-electron chi connectivity index (χ1n) is 7.20. The minimum absolute atomic E-state index is 0.0453. The van der Waals surface area contributed by atoms with E-state index in [9.17, 15) is 14.0 Å². The van der Waals surface area contributed by atoms with E-state index in [0.29, 0.717) is 0 Å². The third-order valence-corrected chi connectivity index (χ3v) is 3.84. The Morgan fingerprint density at radius 3 is 2.48 bits per heavy atom. The van der Waals surface area contributed by atoms with Crippen molar-refractivity contribution in [3.8, 4) is 0 Å². The molecule has 0 saturated carbocycles. The molecule has 1 N–H and O–H groups in total. The first-order chi connectivity index (χ1) is 11.1. The number of anilines is 1. The van der Waals surface area contributed by atoms with Crippen molar-refractivity contribution in [3.05, 3.63) is 66.0 Å². The number of benzene rings is 2. The van der Waals surface area contributed by atoms with Gasteiger partial charge >= 0.3 is 6.03 Å². The summed E-state index contributed by atoms with van der Waals surface area (Å²) in [6.07, 6.45) is -0.504. The molecule has 0 bridgehead atoms. The Morgan fingerprint density at radius 1 is 1.13 bits per heavy atom. The van der Waals surface area contributed by atoms with Crippen LogP contribution in [0.2, 0.25) is 0 Å². The highest BCUT2D eigenvalue weighted by Gasteiger charge is 2.39. The van der Waals surface area contributed by atoms with Crippen LogP contribution < -0.4 is 5.32 Å². The van der Waals surface area contributed by atoms with Crippen LogP contribution in [0.4, 0.5) is 14.9 Å². The van der Waals surface area contributed by atoms with E-state index in [1.54, 1.807) is 19.2 Å². The van der Waals surface area contributed by atoms with E-state index < -0.39 is 18.0 Å². The van der Waals surface area contributed by atoms with Gasteiger partial charge < -0.3 is 10.2 Å². The Balaban J connectivity index is 1.86. The van der Waals surface area contributed by atoms with Gasteiger partial charge in [-0.05, 0) is 17.7 Å². The van der Waals surface area contributed by atoms with Crippen molar-refractivity contribution in [2.75, 3.05) is 18.9 Å². The molecule has 0 spiro atoms. The van der Waals surface area contributed by atoms with Crippen molar-refractivity contribution in [2.45, 2.75) is 6.17 Å². The fraction of sp³-hybridized carbons (Fsp3) is 0.176. The topological polar surface area (TPSA) is 52.7 Å². The number of rotatable bonds is 2. The molecule has 0 radical (unpaired) electrons. The predicted molar refractivity (Wildman–Crippen MR) is 84.1 cm³/mol. The zero-order chi connectivity index (χ0) is 16.4. The molecule has 118 valence electrons. The molecule has 2 aromatic carbocycles. The summed E-state index contributed by atoms with van der Waals surface area (Å²) in [5.41, 5.74) is 0.913. The van der Waals surface area contributed by atoms with Gasteiger partial charge in [0.05, 0.1) is 5.69 Å². The molecular weight excluding hydrogens is 297 g/mol. The zero-order valence-electron chi connectivity index (χ0n) is 12.6. The van der Waals surface area contributed by atoms with Crippen LogP contribution in [0, 0.1) is 5.82 Å². The summed E-state index contributed by atoms with van der Waals surface area (Å²) in [5.74, 6) is -0.682. The number of likely N-dealkylation sites (N-methyl/N-ethyl adjacent to an activating group) is 1. The average Bonchev–Trinajstić information content (AvgIpc) is 2.86. The summed E-state index contributed by atoms with van der Waals surface area (Å²) in [7, 11) is 1.65. The maximum absolute atomic E-state index is 13.7. The molecule has 3 amide bonds. The lowest BCUT2D eigenvalue weighted by atomic mass is 10.1. The van der Waals surface area contributed by atoms with Gasteiger partial charge in [0.1, 0.15) is 18.5 Å². The lowest BCUT2D eigenvalue weighted by molar-refractivity contribution is -0.126. The van der Waals surface area contributed by atoms with E-state index in [0.717, 1.165) is 5.56 Å². The molecule has 5 nitrogen and oxygen atoms in total. The van der Waals surface area contributed by atoms with Crippen LogP contribution in [-0.4, -0.2) is 35.3 Å². The maximum Gasteiger partial charge on any atom is 0.324 e. The van der Waals surface area contributed by atoms with E-state index >= 15 is 0 Å². The molecule has 0 unspecified atom stereocenters. The van der Waals surface area contributed by atoms with Crippen LogP contribution in [0.5, 0.6) is 0 Å². The van der Waals surface area contributed by atoms with Crippen LogP contribution in [-0.2, 0) is 4.79 Å². The van der Waals surface area contributed by atoms with E-state index in [2.05, 4.69) is 5.32 Å². The number of para-hydroxylation sites is 1. The van der Waals surface area contributed by atoms with E-state index in [1.165, 1.54) is 21.9 Å². The van der Waals surface area contributed by atoms with Crippen molar-refractivity contribution >= 4 is 17.6 Å². The van der Waals surface area contributed by atoms with Crippen molar-refractivity contribution < 1.29 is 14.0 Å². The number of nitrogens with zero attached hydrogens (tertiary/aromatic N) is 2. The number of halogens is 1. The minimum Gasteiger partial charge on any atom is -0.319 e. The molecule has 3 rings (SSSR count). The number of carbonyl (C=O) groups is 2. The van der Waals surface area contributed by atoms with E-state index in [-0.39, 0.29) is 18.1 Å². The molecule has 1 aliphatic rings. The molecule has 23 heavy (non-hydrogen) atoms. The van der Waals surface area contributed by atoms with Gasteiger partial charge in [0, 0.05) is 7.05 Å². The van der Waals surface area contributed by atoms with Gasteiger partial charge in [-0.1, -0.05) is 42.5 Å². The van der Waals surface area contributed by atoms with Gasteiger partial charge in [-0.25, -0.2) is 9.18 Å². The molecule has 0 aliphatic carbocycles. The fourth-order valence-electron chi connectivity index (χ4n) is 2.65. The first-order valence-corrected chi connectivity index (χ1v) is 7.20. The molecule has 1 aliphatic heterocycles. The summed E-state index contributed by atoms with van der Waals surface area (Å²) < 4.78 is 13.7. The summed E-state index contributed by atoms with van der Waals surface area (Å²) in [6.45, 7) is -0.0453. The smallest absolute Gasteiger partial charge is 0.319 e. The predicted octanol–water partition coefficient (Wildman–Crippen LogP) is 2.83. The molecular formula is C17H16FN3O2. The number of hydrogen-bond donors (Lipinski definition) is 1. The van der Waals surface area contributed by atoms with Crippen LogP contribution in [0.1, 0.15) is 11.7 Å². The second-order valence-electron chi connectivity index (χ2n) is 5.33. The highest BCUT2D eigenvalue weighted by molar-refractivity contribution is 5.94. The Kier molecular flexibility index (Phi) is 3.97. The van der Waals surface area contributed by atoms with Gasteiger partial charge in [0.25, 0.3) is 0 Å². The number of carbonyl (C=O) groups excluding carboxylic acids is 2. The van der Waals surface area contributed by atoms with Gasteiger partial charge in [-0.2, -0.15) is 0 Å². The van der Waals surface area contributed by atoms with Gasteiger partial charge in [0.15, 0.2) is 0 Å². The maximum atomic E-state index is 13.7. The fourth-order valence-corrected chi connectivity index (χ4v) is 2.65. The Hall–Kier alpha value is -2.89. The molecule has 6 heteroatoms. The van der Waals surface area contributed by atoms with Gasteiger partial charge in [0.2, 0.25) is 5.91 Å². The van der Waals surface area contributed by atoms with Crippen LogP contribution in [0.25, 0.3) is 0 Å². The summed E-state index contributed by atoms with van der Waals surface area (Å²) in [4.78, 5) is 27.4. The number of nitrogens with one attached hydrogen (secondary N) is 1. The second-order valence-corrected chi connectivity index (χ2v) is 5.33. The minimum atomic E-state index is -0.518. The molecule has 1 atom stereocenters. The van der Waals surface area contributed by atoms with Crippen molar-refractivity contribution in [1.82, 2.24) is 9.80 Å². The SMILES string of the molecule is CN1C(=O)CN(C(=O)Nc2ccccc2F)[C@H]1c1ccccc1. The second kappa shape index (κ2) is 6.08. The van der Waals surface area contributed by atoms with E-state index in [1.807, 2.05) is 30.3 Å². The third-order valence-electron chi connectivity index (χ3n) is 3.84. The summed E-state index contributed by atoms with van der Waals surface area (Å²) in [6, 6.07) is 14.7. The summed E-state index contributed by atoms with van der Waals surface area (Å²) in [5, 5.41) is 2.53. The quantitative estimate of drug-likeness (QED) is 0.927. The number of hydrogen-bond acceptors (Lipinski definition) is 2. The number of amides is 3. The lowest BCUT2D eigenvalue weighted by Crippen LogP contribution is -2.37. The van der Waals surface area contributed by atoms with Crippen LogP contribution in [0.15, 0.2) is 54.6 Å².